The highest BCUT2D eigenvalue weighted by atomic mass is 16.3. The van der Waals surface area contributed by atoms with Crippen molar-refractivity contribution in [2.75, 3.05) is 0 Å². The Morgan fingerprint density at radius 1 is 0.127 bits per heavy atom. The van der Waals surface area contributed by atoms with Gasteiger partial charge in [0.1, 0.15) is 11.2 Å². The van der Waals surface area contributed by atoms with Gasteiger partial charge in [0.05, 0.1) is 49.7 Å². The number of hydrogen-bond donors (Lipinski definition) is 0. The van der Waals surface area contributed by atoms with E-state index in [2.05, 4.69) is 408 Å². The minimum Gasteiger partial charge on any atom is -0.456 e. The van der Waals surface area contributed by atoms with Crippen LogP contribution in [0.1, 0.15) is 0 Å². The molecule has 0 saturated heterocycles. The van der Waals surface area contributed by atoms with Crippen LogP contribution in [0.5, 0.6) is 0 Å². The van der Waals surface area contributed by atoms with Crippen LogP contribution in [0.3, 0.4) is 0 Å². The lowest BCUT2D eigenvalue weighted by atomic mass is 9.92. The van der Waals surface area contributed by atoms with Crippen molar-refractivity contribution >= 4 is 201 Å². The number of hydrogen-bond acceptors (Lipinski definition) is 1. The number of fused-ring (bicyclic) bond motifs is 27. The lowest BCUT2D eigenvalue weighted by Gasteiger charge is -2.12. The van der Waals surface area contributed by atoms with Gasteiger partial charge in [0.2, 0.25) is 0 Å². The van der Waals surface area contributed by atoms with E-state index >= 15 is 0 Å². The molecule has 4 nitrogen and oxygen atoms in total. The smallest absolute Gasteiger partial charge is 0.135 e. The molecule has 0 bridgehead atoms. The maximum atomic E-state index is 6.14. The molecule has 0 aliphatic heterocycles. The van der Waals surface area contributed by atoms with Crippen LogP contribution in [0.25, 0.3) is 256 Å². The second kappa shape index (κ2) is 24.9. The first-order chi connectivity index (χ1) is 58.4. The van der Waals surface area contributed by atoms with Gasteiger partial charge in [-0.1, -0.05) is 261 Å². The molecule has 0 atom stereocenters. The van der Waals surface area contributed by atoms with Crippen molar-refractivity contribution in [3.05, 3.63) is 406 Å². The largest absolute Gasteiger partial charge is 0.456 e. The van der Waals surface area contributed by atoms with Gasteiger partial charge in [0.25, 0.3) is 0 Å². The Morgan fingerprint density at radius 2 is 0.339 bits per heavy atom. The maximum Gasteiger partial charge on any atom is 0.135 e. The third-order valence-electron chi connectivity index (χ3n) is 25.7. The summed E-state index contributed by atoms with van der Waals surface area (Å²) in [7, 11) is 0. The molecule has 0 aliphatic carbocycles. The van der Waals surface area contributed by atoms with Gasteiger partial charge < -0.3 is 17.6 Å². The molecule has 0 saturated carbocycles. The van der Waals surface area contributed by atoms with Crippen molar-refractivity contribution in [1.82, 2.24) is 13.2 Å². The highest BCUT2D eigenvalue weighted by molar-refractivity contribution is 6.31. The van der Waals surface area contributed by atoms with E-state index in [4.69, 9.17) is 4.42 Å². The molecule has 0 radical (unpaired) electrons. The number of aromatic nitrogens is 3. The first kappa shape index (κ1) is 64.9. The molecule has 0 amide bonds. The summed E-state index contributed by atoms with van der Waals surface area (Å²) in [6.45, 7) is 0. The molecule has 7 heterocycles. The summed E-state index contributed by atoms with van der Waals surface area (Å²) >= 11 is 0. The van der Waals surface area contributed by atoms with E-state index in [0.717, 1.165) is 21.9 Å². The van der Waals surface area contributed by atoms with Crippen LogP contribution in [-0.4, -0.2) is 13.2 Å². The maximum absolute atomic E-state index is 6.14. The first-order valence-electron chi connectivity index (χ1n) is 40.8. The summed E-state index contributed by atoms with van der Waals surface area (Å²) in [5.41, 5.74) is 25.7. The molecule has 0 N–H and O–H groups in total. The molecule has 21 aromatic carbocycles. The van der Waals surface area contributed by atoms with Gasteiger partial charge in [-0.2, -0.15) is 0 Å². The third-order valence-corrected chi connectivity index (χ3v) is 25.7. The number of furan rings is 1. The second-order valence-corrected chi connectivity index (χ2v) is 32.3. The van der Waals surface area contributed by atoms with E-state index < -0.39 is 0 Å². The fourth-order valence-electron chi connectivity index (χ4n) is 20.2. The summed E-state index contributed by atoms with van der Waals surface area (Å²) in [5, 5.41) is 33.3. The van der Waals surface area contributed by atoms with Crippen LogP contribution in [0, 0.1) is 0 Å². The van der Waals surface area contributed by atoms with Crippen molar-refractivity contribution < 1.29 is 4.42 Å². The molecule has 28 rings (SSSR count). The highest BCUT2D eigenvalue weighted by Crippen LogP contribution is 2.50. The molecule has 4 heteroatoms. The van der Waals surface area contributed by atoms with Gasteiger partial charge in [0.15, 0.2) is 0 Å². The van der Waals surface area contributed by atoms with E-state index in [1.807, 2.05) is 12.1 Å². The number of nitrogens with zero attached hydrogens (tertiary/aromatic N) is 3. The van der Waals surface area contributed by atoms with E-state index in [1.54, 1.807) is 0 Å². The van der Waals surface area contributed by atoms with Crippen LogP contribution in [-0.2, 0) is 0 Å². The molecule has 7 aromatic heterocycles. The van der Waals surface area contributed by atoms with Crippen LogP contribution in [0.4, 0.5) is 0 Å². The molecule has 0 fully saturated rings. The number of para-hydroxylation sites is 1. The van der Waals surface area contributed by atoms with Gasteiger partial charge in [0, 0.05) is 75.4 Å². The van der Waals surface area contributed by atoms with Gasteiger partial charge in [-0.25, -0.2) is 0 Å². The Morgan fingerprint density at radius 3 is 0.636 bits per heavy atom. The number of benzene rings is 21. The van der Waals surface area contributed by atoms with Gasteiger partial charge in [-0.05, 0) is 266 Å². The molecule has 0 spiro atoms. The average Bonchev–Trinajstić information content (AvgIpc) is 1.54. The third kappa shape index (κ3) is 9.78. The van der Waals surface area contributed by atoms with Gasteiger partial charge in [-0.3, -0.25) is 0 Å². The quantitative estimate of drug-likeness (QED) is 0.169. The minimum atomic E-state index is 0.926. The van der Waals surface area contributed by atoms with Crippen molar-refractivity contribution in [3.8, 4) is 55.6 Å². The number of rotatable bonds is 5. The van der Waals surface area contributed by atoms with E-state index in [9.17, 15) is 0 Å². The van der Waals surface area contributed by atoms with Crippen molar-refractivity contribution in [2.45, 2.75) is 0 Å². The summed E-state index contributed by atoms with van der Waals surface area (Å²) in [6, 6.07) is 149. The summed E-state index contributed by atoms with van der Waals surface area (Å²) in [6.07, 6.45) is 0. The normalized spacial score (nSPS) is 12.2. The monoisotopic (exact) mass is 1490 g/mol. The predicted molar refractivity (Wildman–Crippen MR) is 503 cm³/mol. The molecule has 544 valence electrons. The molecule has 0 unspecified atom stereocenters. The Labute approximate surface area is 676 Å². The Bertz CT molecular complexity index is 8630. The van der Waals surface area contributed by atoms with E-state index in [0.29, 0.717) is 0 Å². The summed E-state index contributed by atoms with van der Waals surface area (Å²) in [5.74, 6) is 0. The fraction of sp³-hybridized carbons (Fsp3) is 0. The second-order valence-electron chi connectivity index (χ2n) is 32.3. The molecular formula is C114H67N3O. The zero-order valence-electron chi connectivity index (χ0n) is 63.9. The van der Waals surface area contributed by atoms with Crippen molar-refractivity contribution in [1.29, 1.82) is 0 Å². The fourth-order valence-corrected chi connectivity index (χ4v) is 20.2. The SMILES string of the molecule is c1ccc(-c2cc(-c3ccccc3)cc(-c3cc4c5cc6ccccc6cc5n5c6cc7ccccc7cc6c(c3)c45)c2)cc1.c1ccc(-c2cc3c4cc5ccccc5cc4n4c5cc6ccccc6cc5c(c2)c34)cc1.c1ccc2cc3c(cc2c1)c1cc(-c2ccc4oc5ccccc5c4c2)cc2c4cc5ccccc5cc4n3c12. The first-order valence-corrected chi connectivity index (χ1v) is 40.8. The van der Waals surface area contributed by atoms with Crippen LogP contribution < -0.4 is 0 Å². The van der Waals surface area contributed by atoms with Crippen molar-refractivity contribution in [3.63, 3.8) is 0 Å². The standard InChI is InChI=1S/C44H27N.C38H21NO.C32H19N/c1-3-11-28(12-4-1)34-19-35(29-13-5-2-6-14-29)21-36(20-34)37-24-40-38-22-30-15-7-9-17-32(30)26-42(38)45-43-27-33-18-10-8-16-31(33)23-39(43)41(25-37)44(40)45;1-3-9-24-20-34-29(15-22(24)7-1)32-18-27(26-13-14-37-31(17-26)28-11-5-6-12-36(28)40-37)19-33-30-16-23-8-2-4-10-25(23)21-35(30)39(34)38(32)33;1-2-8-20(9-3-1)25-16-28-26-14-21-10-4-6-12-23(21)18-30(26)33-31-19-24-13-7-5-11-22(24)15-27(31)29(17-25)32(28)33/h1-27H;1-21H;1-19H. The molecule has 0 aliphatic rings. The van der Waals surface area contributed by atoms with E-state index in [-0.39, 0.29) is 0 Å². The van der Waals surface area contributed by atoms with E-state index in [1.165, 1.54) is 235 Å². The molecule has 28 aromatic rings. The lowest BCUT2D eigenvalue weighted by molar-refractivity contribution is 0.669. The van der Waals surface area contributed by atoms with Crippen LogP contribution >= 0.6 is 0 Å². The Hall–Kier alpha value is -15.6. The Balaban J connectivity index is 0.0000000974. The zero-order chi connectivity index (χ0) is 77.0. The zero-order valence-corrected chi connectivity index (χ0v) is 63.9. The molecular weight excluding hydrogens is 1430 g/mol. The van der Waals surface area contributed by atoms with Gasteiger partial charge >= 0.3 is 0 Å². The average molecular weight is 1490 g/mol. The van der Waals surface area contributed by atoms with Crippen LogP contribution in [0.2, 0.25) is 0 Å². The topological polar surface area (TPSA) is 26.4 Å². The highest BCUT2D eigenvalue weighted by Gasteiger charge is 2.26. The Kier molecular flexibility index (Phi) is 13.7. The summed E-state index contributed by atoms with van der Waals surface area (Å²) < 4.78 is 13.6. The van der Waals surface area contributed by atoms with Crippen molar-refractivity contribution in [2.24, 2.45) is 0 Å². The molecule has 118 heavy (non-hydrogen) atoms. The minimum absolute atomic E-state index is 0.926. The predicted octanol–water partition coefficient (Wildman–Crippen LogP) is 31.7. The lowest BCUT2D eigenvalue weighted by Crippen LogP contribution is -1.86. The van der Waals surface area contributed by atoms with Gasteiger partial charge in [-0.15, -0.1) is 0 Å². The summed E-state index contributed by atoms with van der Waals surface area (Å²) in [4.78, 5) is 0. The van der Waals surface area contributed by atoms with Crippen LogP contribution in [0.15, 0.2) is 411 Å².